The second-order valence-electron chi connectivity index (χ2n) is 2.79. The van der Waals surface area contributed by atoms with Gasteiger partial charge >= 0.3 is 5.97 Å². The summed E-state index contributed by atoms with van der Waals surface area (Å²) in [5, 5.41) is 0. The van der Waals surface area contributed by atoms with Gasteiger partial charge in [-0.05, 0) is 26.0 Å². The zero-order chi connectivity index (χ0) is 10.4. The molecule has 3 heteroatoms. The topological polar surface area (TPSA) is 35.5 Å². The van der Waals surface area contributed by atoms with Gasteiger partial charge in [-0.1, -0.05) is 18.2 Å². The maximum Gasteiger partial charge on any atom is 0.340 e. The molecule has 0 saturated carbocycles. The Labute approximate surface area is 83.6 Å². The Morgan fingerprint density at radius 3 is 2.57 bits per heavy atom. The summed E-state index contributed by atoms with van der Waals surface area (Å²) in [6, 6.07) is 8.86. The first kappa shape index (κ1) is 10.7. The fraction of sp³-hybridized carbons (Fsp3) is 0.364. The number of esters is 1. The van der Waals surface area contributed by atoms with Crippen molar-refractivity contribution in [1.82, 2.24) is 0 Å². The molecule has 1 aromatic rings. The number of carbonyl (C=O) groups is 1. The molecular formula is C11H14O3. The molecule has 0 aliphatic carbocycles. The van der Waals surface area contributed by atoms with E-state index in [-0.39, 0.29) is 5.97 Å². The summed E-state index contributed by atoms with van der Waals surface area (Å²) in [6.07, 6.45) is -0.493. The molecule has 0 N–H and O–H groups in total. The summed E-state index contributed by atoms with van der Waals surface area (Å²) in [5.41, 5.74) is 0.541. The molecule has 0 radical (unpaired) electrons. The molecule has 0 fully saturated rings. The van der Waals surface area contributed by atoms with Crippen LogP contribution in [0.25, 0.3) is 0 Å². The van der Waals surface area contributed by atoms with E-state index in [4.69, 9.17) is 9.47 Å². The third-order valence-corrected chi connectivity index (χ3v) is 1.68. The second-order valence-corrected chi connectivity index (χ2v) is 2.79. The molecule has 14 heavy (non-hydrogen) atoms. The van der Waals surface area contributed by atoms with E-state index >= 15 is 0 Å². The first-order valence-electron chi connectivity index (χ1n) is 4.61. The fourth-order valence-corrected chi connectivity index (χ4v) is 1.06. The normalized spacial score (nSPS) is 12.1. The number of rotatable bonds is 4. The second kappa shape index (κ2) is 5.40. The zero-order valence-corrected chi connectivity index (χ0v) is 8.40. The van der Waals surface area contributed by atoms with Gasteiger partial charge in [-0.25, -0.2) is 4.79 Å². The summed E-state index contributed by atoms with van der Waals surface area (Å²) in [5.74, 6) is -0.355. The third-order valence-electron chi connectivity index (χ3n) is 1.68. The first-order valence-corrected chi connectivity index (χ1v) is 4.61. The van der Waals surface area contributed by atoms with Crippen LogP contribution in [0.3, 0.4) is 0 Å². The standard InChI is InChI=1S/C11H14O3/c1-3-13-9(2)14-11(12)10-7-5-4-6-8-10/h4-9H,3H2,1-2H3. The van der Waals surface area contributed by atoms with Crippen LogP contribution >= 0.6 is 0 Å². The van der Waals surface area contributed by atoms with Gasteiger partial charge in [0.25, 0.3) is 0 Å². The Balaban J connectivity index is 2.51. The van der Waals surface area contributed by atoms with Crippen molar-refractivity contribution >= 4 is 5.97 Å². The van der Waals surface area contributed by atoms with Gasteiger partial charge in [0.15, 0.2) is 6.29 Å². The Morgan fingerprint density at radius 1 is 1.36 bits per heavy atom. The van der Waals surface area contributed by atoms with E-state index < -0.39 is 6.29 Å². The molecule has 1 atom stereocenters. The number of hydrogen-bond donors (Lipinski definition) is 0. The van der Waals surface area contributed by atoms with Crippen molar-refractivity contribution in [2.24, 2.45) is 0 Å². The quantitative estimate of drug-likeness (QED) is 0.544. The highest BCUT2D eigenvalue weighted by Crippen LogP contribution is 2.04. The highest BCUT2D eigenvalue weighted by atomic mass is 16.7. The van der Waals surface area contributed by atoms with Crippen LogP contribution < -0.4 is 0 Å². The van der Waals surface area contributed by atoms with Gasteiger partial charge in [0.2, 0.25) is 0 Å². The van der Waals surface area contributed by atoms with Crippen LogP contribution in [0.15, 0.2) is 30.3 Å². The molecule has 0 saturated heterocycles. The first-order chi connectivity index (χ1) is 6.74. The number of benzene rings is 1. The minimum Gasteiger partial charge on any atom is -0.432 e. The molecule has 0 aliphatic rings. The fourth-order valence-electron chi connectivity index (χ4n) is 1.06. The van der Waals surface area contributed by atoms with E-state index in [1.54, 1.807) is 31.2 Å². The van der Waals surface area contributed by atoms with Crippen LogP contribution in [0.2, 0.25) is 0 Å². The molecular weight excluding hydrogens is 180 g/mol. The van der Waals surface area contributed by atoms with E-state index in [2.05, 4.69) is 0 Å². The predicted molar refractivity (Wildman–Crippen MR) is 52.9 cm³/mol. The van der Waals surface area contributed by atoms with Crippen LogP contribution in [-0.2, 0) is 9.47 Å². The molecule has 1 aromatic carbocycles. The van der Waals surface area contributed by atoms with Crippen molar-refractivity contribution in [3.8, 4) is 0 Å². The number of hydrogen-bond acceptors (Lipinski definition) is 3. The van der Waals surface area contributed by atoms with Gasteiger partial charge in [-0.15, -0.1) is 0 Å². The molecule has 0 spiro atoms. The van der Waals surface area contributed by atoms with Crippen LogP contribution in [0, 0.1) is 0 Å². The molecule has 0 aromatic heterocycles. The summed E-state index contributed by atoms with van der Waals surface area (Å²) in [6.45, 7) is 4.08. The predicted octanol–water partition coefficient (Wildman–Crippen LogP) is 2.23. The highest BCUT2D eigenvalue weighted by molar-refractivity contribution is 5.89. The smallest absolute Gasteiger partial charge is 0.340 e. The van der Waals surface area contributed by atoms with Crippen LogP contribution in [0.1, 0.15) is 24.2 Å². The Bertz CT molecular complexity index is 282. The van der Waals surface area contributed by atoms with Gasteiger partial charge < -0.3 is 9.47 Å². The minimum absolute atomic E-state index is 0.355. The molecule has 1 rings (SSSR count). The van der Waals surface area contributed by atoms with Crippen molar-refractivity contribution in [1.29, 1.82) is 0 Å². The van der Waals surface area contributed by atoms with E-state index in [0.29, 0.717) is 12.2 Å². The van der Waals surface area contributed by atoms with E-state index in [9.17, 15) is 4.79 Å². The molecule has 0 heterocycles. The zero-order valence-electron chi connectivity index (χ0n) is 8.40. The third kappa shape index (κ3) is 3.18. The van der Waals surface area contributed by atoms with Crippen LogP contribution in [-0.4, -0.2) is 18.9 Å². The van der Waals surface area contributed by atoms with Gasteiger partial charge in [-0.2, -0.15) is 0 Å². The summed E-state index contributed by atoms with van der Waals surface area (Å²) >= 11 is 0. The SMILES string of the molecule is CCOC(C)OC(=O)c1ccccc1. The van der Waals surface area contributed by atoms with E-state index in [1.807, 2.05) is 13.0 Å². The molecule has 3 nitrogen and oxygen atoms in total. The average molecular weight is 194 g/mol. The van der Waals surface area contributed by atoms with Crippen molar-refractivity contribution in [3.63, 3.8) is 0 Å². The lowest BCUT2D eigenvalue weighted by molar-refractivity contribution is -0.0940. The molecule has 76 valence electrons. The minimum atomic E-state index is -0.493. The lowest BCUT2D eigenvalue weighted by Gasteiger charge is -2.12. The molecule has 0 amide bonds. The summed E-state index contributed by atoms with van der Waals surface area (Å²) in [4.78, 5) is 11.4. The molecule has 0 aliphatic heterocycles. The maximum atomic E-state index is 11.4. The van der Waals surface area contributed by atoms with Crippen molar-refractivity contribution in [2.45, 2.75) is 20.1 Å². The van der Waals surface area contributed by atoms with Crippen molar-refractivity contribution in [3.05, 3.63) is 35.9 Å². The highest BCUT2D eigenvalue weighted by Gasteiger charge is 2.10. The maximum absolute atomic E-state index is 11.4. The molecule has 1 unspecified atom stereocenters. The Kier molecular flexibility index (Phi) is 4.13. The Morgan fingerprint density at radius 2 is 2.00 bits per heavy atom. The van der Waals surface area contributed by atoms with Crippen LogP contribution in [0.4, 0.5) is 0 Å². The monoisotopic (exact) mass is 194 g/mol. The van der Waals surface area contributed by atoms with Gasteiger partial charge in [-0.3, -0.25) is 0 Å². The lowest BCUT2D eigenvalue weighted by Crippen LogP contribution is -2.18. The largest absolute Gasteiger partial charge is 0.432 e. The van der Waals surface area contributed by atoms with E-state index in [0.717, 1.165) is 0 Å². The number of carbonyl (C=O) groups excluding carboxylic acids is 1. The van der Waals surface area contributed by atoms with E-state index in [1.165, 1.54) is 0 Å². The average Bonchev–Trinajstić information content (AvgIpc) is 2.19. The summed E-state index contributed by atoms with van der Waals surface area (Å²) < 4.78 is 10.1. The van der Waals surface area contributed by atoms with Crippen molar-refractivity contribution in [2.75, 3.05) is 6.61 Å². The number of ether oxygens (including phenoxy) is 2. The van der Waals surface area contributed by atoms with Crippen LogP contribution in [0.5, 0.6) is 0 Å². The van der Waals surface area contributed by atoms with Gasteiger partial charge in [0.1, 0.15) is 0 Å². The van der Waals surface area contributed by atoms with Gasteiger partial charge in [0.05, 0.1) is 5.56 Å². The lowest BCUT2D eigenvalue weighted by atomic mass is 10.2. The summed E-state index contributed by atoms with van der Waals surface area (Å²) in [7, 11) is 0. The Hall–Kier alpha value is -1.35. The van der Waals surface area contributed by atoms with Gasteiger partial charge in [0, 0.05) is 6.61 Å². The van der Waals surface area contributed by atoms with Crippen molar-refractivity contribution < 1.29 is 14.3 Å². The molecule has 0 bridgehead atoms.